The van der Waals surface area contributed by atoms with Crippen molar-refractivity contribution in [2.45, 2.75) is 20.8 Å². The van der Waals surface area contributed by atoms with E-state index in [-0.39, 0.29) is 24.2 Å². The van der Waals surface area contributed by atoms with E-state index >= 15 is 0 Å². The Balaban J connectivity index is 0.00000220. The summed E-state index contributed by atoms with van der Waals surface area (Å²) in [6, 6.07) is 1.96. The molecular formula is C14H20ClN3O2S. The van der Waals surface area contributed by atoms with Gasteiger partial charge in [-0.3, -0.25) is 4.79 Å². The Kier molecular flexibility index (Phi) is 6.39. The summed E-state index contributed by atoms with van der Waals surface area (Å²) >= 11 is 1.42. The highest BCUT2D eigenvalue weighted by Crippen LogP contribution is 2.29. The molecule has 2 aromatic rings. The van der Waals surface area contributed by atoms with Gasteiger partial charge in [0, 0.05) is 23.4 Å². The van der Waals surface area contributed by atoms with Crippen LogP contribution in [0, 0.1) is 19.8 Å². The summed E-state index contributed by atoms with van der Waals surface area (Å²) in [5, 5.41) is 8.37. The van der Waals surface area contributed by atoms with E-state index in [0.717, 1.165) is 22.8 Å². The van der Waals surface area contributed by atoms with Crippen LogP contribution in [-0.2, 0) is 4.79 Å². The SMILES string of the molecule is CNCC(C)C(=O)Nc1nc(-c2cc(C)oc2C)cs1.Cl. The van der Waals surface area contributed by atoms with Gasteiger partial charge in [0.25, 0.3) is 0 Å². The van der Waals surface area contributed by atoms with Crippen LogP contribution < -0.4 is 10.6 Å². The highest BCUT2D eigenvalue weighted by Gasteiger charge is 2.15. The molecule has 7 heteroatoms. The van der Waals surface area contributed by atoms with E-state index in [0.29, 0.717) is 11.7 Å². The molecular weight excluding hydrogens is 310 g/mol. The van der Waals surface area contributed by atoms with Crippen molar-refractivity contribution >= 4 is 34.8 Å². The van der Waals surface area contributed by atoms with Crippen LogP contribution in [0.5, 0.6) is 0 Å². The standard InChI is InChI=1S/C14H19N3O2S.ClH/c1-8(6-15-4)13(18)17-14-16-12(7-20-14)11-5-9(2)19-10(11)3;/h5,7-8,15H,6H2,1-4H3,(H,16,17,18);1H. The summed E-state index contributed by atoms with van der Waals surface area (Å²) in [6.07, 6.45) is 0. The first kappa shape index (κ1) is 17.7. The molecule has 0 aromatic carbocycles. The Morgan fingerprint density at radius 2 is 2.19 bits per heavy atom. The topological polar surface area (TPSA) is 67.2 Å². The average Bonchev–Trinajstić information content (AvgIpc) is 2.96. The minimum atomic E-state index is -0.0924. The van der Waals surface area contributed by atoms with Crippen molar-refractivity contribution in [3.63, 3.8) is 0 Å². The highest BCUT2D eigenvalue weighted by molar-refractivity contribution is 7.14. The van der Waals surface area contributed by atoms with E-state index in [9.17, 15) is 4.79 Å². The van der Waals surface area contributed by atoms with Crippen LogP contribution in [0.3, 0.4) is 0 Å². The number of anilines is 1. The van der Waals surface area contributed by atoms with E-state index in [1.54, 1.807) is 0 Å². The minimum absolute atomic E-state index is 0. The van der Waals surface area contributed by atoms with E-state index in [4.69, 9.17) is 4.42 Å². The zero-order valence-electron chi connectivity index (χ0n) is 12.5. The monoisotopic (exact) mass is 329 g/mol. The number of rotatable bonds is 5. The second-order valence-electron chi connectivity index (χ2n) is 4.81. The van der Waals surface area contributed by atoms with Crippen LogP contribution >= 0.6 is 23.7 Å². The molecule has 21 heavy (non-hydrogen) atoms. The molecule has 0 fully saturated rings. The Hall–Kier alpha value is -1.37. The number of thiazole rings is 1. The van der Waals surface area contributed by atoms with Gasteiger partial charge < -0.3 is 15.1 Å². The van der Waals surface area contributed by atoms with Gasteiger partial charge in [-0.2, -0.15) is 0 Å². The number of hydrogen-bond donors (Lipinski definition) is 2. The van der Waals surface area contributed by atoms with Gasteiger partial charge in [0.1, 0.15) is 11.5 Å². The van der Waals surface area contributed by atoms with E-state index in [1.165, 1.54) is 11.3 Å². The maximum Gasteiger partial charge on any atom is 0.230 e. The smallest absolute Gasteiger partial charge is 0.230 e. The first-order valence-corrected chi connectivity index (χ1v) is 7.37. The van der Waals surface area contributed by atoms with Gasteiger partial charge in [-0.1, -0.05) is 6.92 Å². The van der Waals surface area contributed by atoms with Crippen LogP contribution in [0.2, 0.25) is 0 Å². The Morgan fingerprint density at radius 3 is 2.76 bits per heavy atom. The summed E-state index contributed by atoms with van der Waals surface area (Å²) in [4.78, 5) is 16.4. The molecule has 116 valence electrons. The summed E-state index contributed by atoms with van der Waals surface area (Å²) in [5.74, 6) is 1.58. The summed E-state index contributed by atoms with van der Waals surface area (Å²) in [7, 11) is 1.83. The fourth-order valence-electron chi connectivity index (χ4n) is 1.97. The fourth-order valence-corrected chi connectivity index (χ4v) is 2.68. The van der Waals surface area contributed by atoms with Crippen molar-refractivity contribution in [3.05, 3.63) is 23.0 Å². The lowest BCUT2D eigenvalue weighted by Gasteiger charge is -2.09. The lowest BCUT2D eigenvalue weighted by Crippen LogP contribution is -2.28. The molecule has 0 saturated carbocycles. The molecule has 1 amide bonds. The van der Waals surface area contributed by atoms with Gasteiger partial charge in [-0.15, -0.1) is 23.7 Å². The number of carbonyl (C=O) groups excluding carboxylic acids is 1. The summed E-state index contributed by atoms with van der Waals surface area (Å²) in [5.41, 5.74) is 1.81. The van der Waals surface area contributed by atoms with Gasteiger partial charge in [0.15, 0.2) is 5.13 Å². The summed E-state index contributed by atoms with van der Waals surface area (Å²) in [6.45, 7) is 6.34. The van der Waals surface area contributed by atoms with E-state index in [1.807, 2.05) is 39.3 Å². The molecule has 1 atom stereocenters. The number of hydrogen-bond acceptors (Lipinski definition) is 5. The third-order valence-electron chi connectivity index (χ3n) is 3.01. The van der Waals surface area contributed by atoms with Gasteiger partial charge in [0.2, 0.25) is 5.91 Å². The first-order valence-electron chi connectivity index (χ1n) is 6.49. The lowest BCUT2D eigenvalue weighted by molar-refractivity contribution is -0.119. The van der Waals surface area contributed by atoms with Crippen molar-refractivity contribution in [2.24, 2.45) is 5.92 Å². The number of furan rings is 1. The number of halogens is 1. The first-order chi connectivity index (χ1) is 9.51. The number of carbonyl (C=O) groups is 1. The molecule has 1 unspecified atom stereocenters. The molecule has 0 bridgehead atoms. The highest BCUT2D eigenvalue weighted by atomic mass is 35.5. The predicted molar refractivity (Wildman–Crippen MR) is 88.3 cm³/mol. The predicted octanol–water partition coefficient (Wildman–Crippen LogP) is 3.24. The molecule has 0 aliphatic carbocycles. The molecule has 0 aliphatic heterocycles. The Labute approximate surface area is 134 Å². The van der Waals surface area contributed by atoms with Crippen LogP contribution in [0.25, 0.3) is 11.3 Å². The quantitative estimate of drug-likeness (QED) is 0.883. The largest absolute Gasteiger partial charge is 0.466 e. The van der Waals surface area contributed by atoms with Gasteiger partial charge in [-0.25, -0.2) is 4.98 Å². The lowest BCUT2D eigenvalue weighted by atomic mass is 10.2. The average molecular weight is 330 g/mol. The number of aromatic nitrogens is 1. The van der Waals surface area contributed by atoms with Crippen molar-refractivity contribution in [2.75, 3.05) is 18.9 Å². The molecule has 2 N–H and O–H groups in total. The molecule has 0 radical (unpaired) electrons. The molecule has 5 nitrogen and oxygen atoms in total. The zero-order valence-corrected chi connectivity index (χ0v) is 14.2. The molecule has 0 spiro atoms. The van der Waals surface area contributed by atoms with Crippen molar-refractivity contribution < 1.29 is 9.21 Å². The van der Waals surface area contributed by atoms with Crippen molar-refractivity contribution in [3.8, 4) is 11.3 Å². The van der Waals surface area contributed by atoms with Crippen LogP contribution in [0.4, 0.5) is 5.13 Å². The normalized spacial score (nSPS) is 11.8. The Morgan fingerprint density at radius 1 is 1.48 bits per heavy atom. The third kappa shape index (κ3) is 4.30. The second-order valence-corrected chi connectivity index (χ2v) is 5.67. The fraction of sp³-hybridized carbons (Fsp3) is 0.429. The zero-order chi connectivity index (χ0) is 14.7. The molecule has 2 heterocycles. The maximum atomic E-state index is 11.9. The third-order valence-corrected chi connectivity index (χ3v) is 3.77. The van der Waals surface area contributed by atoms with E-state index in [2.05, 4.69) is 15.6 Å². The van der Waals surface area contributed by atoms with Crippen molar-refractivity contribution in [1.82, 2.24) is 10.3 Å². The van der Waals surface area contributed by atoms with Crippen LogP contribution in [0.1, 0.15) is 18.4 Å². The molecule has 2 rings (SSSR count). The van der Waals surface area contributed by atoms with Crippen molar-refractivity contribution in [1.29, 1.82) is 0 Å². The number of aryl methyl sites for hydroxylation is 2. The van der Waals surface area contributed by atoms with E-state index < -0.39 is 0 Å². The van der Waals surface area contributed by atoms with Gasteiger partial charge in [0.05, 0.1) is 5.69 Å². The number of nitrogens with one attached hydrogen (secondary N) is 2. The summed E-state index contributed by atoms with van der Waals surface area (Å²) < 4.78 is 5.50. The molecule has 0 saturated heterocycles. The number of amides is 1. The molecule has 0 aliphatic rings. The molecule has 2 aromatic heterocycles. The maximum absolute atomic E-state index is 11.9. The van der Waals surface area contributed by atoms with Crippen LogP contribution in [-0.4, -0.2) is 24.5 Å². The second kappa shape index (κ2) is 7.59. The van der Waals surface area contributed by atoms with Crippen LogP contribution in [0.15, 0.2) is 15.9 Å². The number of nitrogens with zero attached hydrogens (tertiary/aromatic N) is 1. The van der Waals surface area contributed by atoms with Gasteiger partial charge in [-0.05, 0) is 27.0 Å². The Bertz CT molecular complexity index is 609. The van der Waals surface area contributed by atoms with Gasteiger partial charge >= 0.3 is 0 Å². The minimum Gasteiger partial charge on any atom is -0.466 e.